The lowest BCUT2D eigenvalue weighted by molar-refractivity contribution is -0.123. The van der Waals surface area contributed by atoms with E-state index in [2.05, 4.69) is 25.4 Å². The minimum Gasteiger partial charge on any atom is -0.357 e. The van der Waals surface area contributed by atoms with Gasteiger partial charge in [0.25, 0.3) is 0 Å². The third-order valence-electron chi connectivity index (χ3n) is 4.65. The van der Waals surface area contributed by atoms with E-state index in [1.54, 1.807) is 12.1 Å². The highest BCUT2D eigenvalue weighted by atomic mass is 35.5. The van der Waals surface area contributed by atoms with Crippen LogP contribution >= 0.6 is 11.6 Å². The van der Waals surface area contributed by atoms with E-state index in [1.165, 1.54) is 6.07 Å². The Hall–Kier alpha value is -1.86. The number of aliphatic imine (C=N–C) groups is 1. The minimum absolute atomic E-state index is 0.0201. The van der Waals surface area contributed by atoms with Crippen LogP contribution in [0, 0.1) is 11.7 Å². The van der Waals surface area contributed by atoms with Gasteiger partial charge in [-0.2, -0.15) is 0 Å². The average molecular weight is 412 g/mol. The second-order valence-corrected chi connectivity index (χ2v) is 7.55. The highest BCUT2D eigenvalue weighted by Crippen LogP contribution is 2.21. The zero-order valence-electron chi connectivity index (χ0n) is 17.0. The summed E-state index contributed by atoms with van der Waals surface area (Å²) in [6.45, 7) is 11.3. The number of halogens is 2. The van der Waals surface area contributed by atoms with Crippen molar-refractivity contribution in [3.8, 4) is 0 Å². The number of hydrogen-bond donors (Lipinski definition) is 2. The zero-order chi connectivity index (χ0) is 20.5. The van der Waals surface area contributed by atoms with Crippen molar-refractivity contribution in [3.63, 3.8) is 0 Å². The summed E-state index contributed by atoms with van der Waals surface area (Å²) in [5, 5.41) is 6.66. The molecule has 1 aliphatic rings. The van der Waals surface area contributed by atoms with Crippen molar-refractivity contribution in [2.24, 2.45) is 10.9 Å². The molecule has 0 spiro atoms. The van der Waals surface area contributed by atoms with E-state index < -0.39 is 0 Å². The maximum atomic E-state index is 14.0. The van der Waals surface area contributed by atoms with Gasteiger partial charge in [-0.05, 0) is 19.1 Å². The molecular formula is C20H31ClFN5O. The molecule has 0 atom stereocenters. The first-order valence-electron chi connectivity index (χ1n) is 9.88. The van der Waals surface area contributed by atoms with Crippen LogP contribution in [0.25, 0.3) is 0 Å². The highest BCUT2D eigenvalue weighted by Gasteiger charge is 2.21. The average Bonchev–Trinajstić information content (AvgIpc) is 2.67. The first-order valence-corrected chi connectivity index (χ1v) is 10.3. The molecule has 0 unspecified atom stereocenters. The number of nitrogens with zero attached hydrogens (tertiary/aromatic N) is 3. The van der Waals surface area contributed by atoms with Crippen LogP contribution in [0.3, 0.4) is 0 Å². The molecule has 2 rings (SSSR count). The Morgan fingerprint density at radius 1 is 1.25 bits per heavy atom. The zero-order valence-corrected chi connectivity index (χ0v) is 17.7. The summed E-state index contributed by atoms with van der Waals surface area (Å²) in [7, 11) is 0. The van der Waals surface area contributed by atoms with Crippen LogP contribution in [0.5, 0.6) is 0 Å². The van der Waals surface area contributed by atoms with Crippen molar-refractivity contribution in [3.05, 3.63) is 34.6 Å². The standard InChI is InChI=1S/C20H31ClFN5O/c1-4-23-20(25-9-8-24-19(28)15(2)3)27-12-10-26(11-13-27)14-16-17(21)6-5-7-18(16)22/h5-7,15H,4,8-14H2,1-3H3,(H,23,25)(H,24,28). The highest BCUT2D eigenvalue weighted by molar-refractivity contribution is 6.31. The number of carbonyl (C=O) groups excluding carboxylic acids is 1. The fourth-order valence-electron chi connectivity index (χ4n) is 3.00. The number of benzene rings is 1. The maximum absolute atomic E-state index is 14.0. The van der Waals surface area contributed by atoms with Gasteiger partial charge in [0.05, 0.1) is 6.54 Å². The van der Waals surface area contributed by atoms with E-state index in [9.17, 15) is 9.18 Å². The van der Waals surface area contributed by atoms with Gasteiger partial charge in [-0.1, -0.05) is 31.5 Å². The fraction of sp³-hybridized carbons (Fsp3) is 0.600. The smallest absolute Gasteiger partial charge is 0.222 e. The Morgan fingerprint density at radius 3 is 2.57 bits per heavy atom. The number of guanidine groups is 1. The summed E-state index contributed by atoms with van der Waals surface area (Å²) >= 11 is 6.15. The van der Waals surface area contributed by atoms with Crippen molar-refractivity contribution >= 4 is 23.5 Å². The van der Waals surface area contributed by atoms with Crippen molar-refractivity contribution in [2.45, 2.75) is 27.3 Å². The van der Waals surface area contributed by atoms with Gasteiger partial charge in [0.2, 0.25) is 5.91 Å². The molecule has 1 fully saturated rings. The van der Waals surface area contributed by atoms with Crippen molar-refractivity contribution < 1.29 is 9.18 Å². The van der Waals surface area contributed by atoms with E-state index in [-0.39, 0.29) is 17.6 Å². The Balaban J connectivity index is 1.86. The first-order chi connectivity index (χ1) is 13.4. The third kappa shape index (κ3) is 6.63. The number of amides is 1. The molecule has 0 radical (unpaired) electrons. The van der Waals surface area contributed by atoms with Crippen LogP contribution in [-0.4, -0.2) is 67.5 Å². The third-order valence-corrected chi connectivity index (χ3v) is 5.00. The van der Waals surface area contributed by atoms with Crippen LogP contribution in [0.1, 0.15) is 26.3 Å². The maximum Gasteiger partial charge on any atom is 0.222 e. The van der Waals surface area contributed by atoms with Crippen molar-refractivity contribution in [2.75, 3.05) is 45.8 Å². The molecule has 1 aromatic rings. The van der Waals surface area contributed by atoms with Gasteiger partial charge in [-0.15, -0.1) is 0 Å². The fourth-order valence-corrected chi connectivity index (χ4v) is 3.22. The molecule has 28 heavy (non-hydrogen) atoms. The molecule has 1 saturated heterocycles. The molecule has 6 nitrogen and oxygen atoms in total. The van der Waals surface area contributed by atoms with Gasteiger partial charge in [0.1, 0.15) is 5.82 Å². The number of rotatable bonds is 7. The molecule has 1 aliphatic heterocycles. The Labute approximate surface area is 172 Å². The predicted octanol–water partition coefficient (Wildman–Crippen LogP) is 2.33. The lowest BCUT2D eigenvalue weighted by atomic mass is 10.2. The molecule has 1 amide bonds. The summed E-state index contributed by atoms with van der Waals surface area (Å²) in [5.41, 5.74) is 0.555. The monoisotopic (exact) mass is 411 g/mol. The largest absolute Gasteiger partial charge is 0.357 e. The molecule has 0 saturated carbocycles. The van der Waals surface area contributed by atoms with Crippen LogP contribution in [0.15, 0.2) is 23.2 Å². The van der Waals surface area contributed by atoms with E-state index in [1.807, 2.05) is 20.8 Å². The number of nitrogens with one attached hydrogen (secondary N) is 2. The van der Waals surface area contributed by atoms with Gasteiger partial charge in [-0.25, -0.2) is 4.39 Å². The van der Waals surface area contributed by atoms with Crippen molar-refractivity contribution in [1.82, 2.24) is 20.4 Å². The number of hydrogen-bond acceptors (Lipinski definition) is 3. The first kappa shape index (κ1) is 22.4. The Morgan fingerprint density at radius 2 is 1.96 bits per heavy atom. The number of piperazine rings is 1. The lowest BCUT2D eigenvalue weighted by Gasteiger charge is -2.36. The van der Waals surface area contributed by atoms with Gasteiger partial charge < -0.3 is 15.5 Å². The summed E-state index contributed by atoms with van der Waals surface area (Å²) in [6.07, 6.45) is 0. The van der Waals surface area contributed by atoms with E-state index in [0.29, 0.717) is 30.2 Å². The number of carbonyl (C=O) groups is 1. The molecule has 156 valence electrons. The van der Waals surface area contributed by atoms with E-state index in [4.69, 9.17) is 11.6 Å². The van der Waals surface area contributed by atoms with Crippen LogP contribution in [-0.2, 0) is 11.3 Å². The molecule has 8 heteroatoms. The van der Waals surface area contributed by atoms with Gasteiger partial charge in [0, 0.05) is 62.3 Å². The van der Waals surface area contributed by atoms with Crippen molar-refractivity contribution in [1.29, 1.82) is 0 Å². The summed E-state index contributed by atoms with van der Waals surface area (Å²) in [6, 6.07) is 4.80. The Kier molecular flexibility index (Phi) is 8.99. The summed E-state index contributed by atoms with van der Waals surface area (Å²) in [5.74, 6) is 0.618. The lowest BCUT2D eigenvalue weighted by Crippen LogP contribution is -2.52. The van der Waals surface area contributed by atoms with Gasteiger partial charge in [0.15, 0.2) is 5.96 Å². The second kappa shape index (κ2) is 11.2. The van der Waals surface area contributed by atoms with E-state index in [0.717, 1.165) is 38.7 Å². The molecule has 1 heterocycles. The van der Waals surface area contributed by atoms with Crippen LogP contribution < -0.4 is 10.6 Å². The molecule has 0 aromatic heterocycles. The molecular weight excluding hydrogens is 381 g/mol. The molecule has 0 bridgehead atoms. The normalized spacial score (nSPS) is 15.8. The Bertz CT molecular complexity index is 654. The summed E-state index contributed by atoms with van der Waals surface area (Å²) in [4.78, 5) is 20.6. The quantitative estimate of drug-likeness (QED) is 0.410. The minimum atomic E-state index is -0.256. The summed E-state index contributed by atoms with van der Waals surface area (Å²) < 4.78 is 14.0. The van der Waals surface area contributed by atoms with Crippen LogP contribution in [0.2, 0.25) is 5.02 Å². The predicted molar refractivity (Wildman–Crippen MR) is 112 cm³/mol. The van der Waals surface area contributed by atoms with E-state index >= 15 is 0 Å². The molecule has 0 aliphatic carbocycles. The topological polar surface area (TPSA) is 60.0 Å². The SMILES string of the molecule is CCNC(=NCCNC(=O)C(C)C)N1CCN(Cc2c(F)cccc2Cl)CC1. The molecule has 1 aromatic carbocycles. The van der Waals surface area contributed by atoms with Gasteiger partial charge >= 0.3 is 0 Å². The second-order valence-electron chi connectivity index (χ2n) is 7.14. The van der Waals surface area contributed by atoms with Gasteiger partial charge in [-0.3, -0.25) is 14.7 Å². The van der Waals surface area contributed by atoms with Crippen LogP contribution in [0.4, 0.5) is 4.39 Å². The molecule has 2 N–H and O–H groups in total.